The standard InChI is InChI=1S/C14H12N2/c1-10-6-7-14(11(2)16-10)13-5-3-4-12(8-13)9-15/h3-8H,1-2H3. The highest BCUT2D eigenvalue weighted by molar-refractivity contribution is 5.67. The van der Waals surface area contributed by atoms with Crippen LogP contribution in [-0.4, -0.2) is 4.98 Å². The van der Waals surface area contributed by atoms with Gasteiger partial charge in [0.1, 0.15) is 0 Å². The molecular formula is C14H12N2. The van der Waals surface area contributed by atoms with Gasteiger partial charge in [-0.15, -0.1) is 0 Å². The average molecular weight is 208 g/mol. The zero-order valence-corrected chi connectivity index (χ0v) is 9.36. The Bertz CT molecular complexity index is 565. The van der Waals surface area contributed by atoms with Crippen LogP contribution in [0.15, 0.2) is 36.4 Å². The van der Waals surface area contributed by atoms with Crippen molar-refractivity contribution in [2.75, 3.05) is 0 Å². The first-order chi connectivity index (χ1) is 7.70. The van der Waals surface area contributed by atoms with Crippen molar-refractivity contribution >= 4 is 0 Å². The Morgan fingerprint density at radius 3 is 2.62 bits per heavy atom. The molecule has 1 aromatic carbocycles. The van der Waals surface area contributed by atoms with Crippen LogP contribution in [0.1, 0.15) is 17.0 Å². The maximum absolute atomic E-state index is 8.86. The van der Waals surface area contributed by atoms with E-state index in [0.717, 1.165) is 22.5 Å². The zero-order chi connectivity index (χ0) is 11.5. The smallest absolute Gasteiger partial charge is 0.0991 e. The molecule has 0 N–H and O–H groups in total. The minimum Gasteiger partial charge on any atom is -0.258 e. The van der Waals surface area contributed by atoms with E-state index >= 15 is 0 Å². The second-order valence-corrected chi connectivity index (χ2v) is 3.78. The summed E-state index contributed by atoms with van der Waals surface area (Å²) in [7, 11) is 0. The van der Waals surface area contributed by atoms with Crippen LogP contribution < -0.4 is 0 Å². The molecule has 2 rings (SSSR count). The van der Waals surface area contributed by atoms with Crippen molar-refractivity contribution in [3.8, 4) is 17.2 Å². The Morgan fingerprint density at radius 1 is 1.12 bits per heavy atom. The van der Waals surface area contributed by atoms with E-state index in [-0.39, 0.29) is 0 Å². The van der Waals surface area contributed by atoms with E-state index in [1.807, 2.05) is 44.2 Å². The Hall–Kier alpha value is -2.14. The van der Waals surface area contributed by atoms with Crippen molar-refractivity contribution in [1.82, 2.24) is 4.98 Å². The van der Waals surface area contributed by atoms with Crippen LogP contribution in [0.2, 0.25) is 0 Å². The third kappa shape index (κ3) is 1.94. The Balaban J connectivity index is 2.55. The predicted molar refractivity (Wildman–Crippen MR) is 63.9 cm³/mol. The quantitative estimate of drug-likeness (QED) is 0.721. The number of pyridine rings is 1. The van der Waals surface area contributed by atoms with Crippen LogP contribution in [0.3, 0.4) is 0 Å². The normalized spacial score (nSPS) is 9.81. The summed E-state index contributed by atoms with van der Waals surface area (Å²) in [6.45, 7) is 3.96. The van der Waals surface area contributed by atoms with Gasteiger partial charge in [-0.3, -0.25) is 4.98 Å². The molecule has 0 spiro atoms. The number of nitriles is 1. The molecule has 0 fully saturated rings. The fourth-order valence-electron chi connectivity index (χ4n) is 1.75. The van der Waals surface area contributed by atoms with Gasteiger partial charge in [-0.1, -0.05) is 18.2 Å². The summed E-state index contributed by atoms with van der Waals surface area (Å²) in [6, 6.07) is 13.8. The first-order valence-electron chi connectivity index (χ1n) is 5.15. The van der Waals surface area contributed by atoms with Crippen LogP contribution in [0.25, 0.3) is 11.1 Å². The molecule has 0 unspecified atom stereocenters. The van der Waals surface area contributed by atoms with Crippen LogP contribution in [0.4, 0.5) is 0 Å². The molecule has 0 bridgehead atoms. The third-order valence-corrected chi connectivity index (χ3v) is 2.53. The molecule has 0 aliphatic carbocycles. The monoisotopic (exact) mass is 208 g/mol. The molecule has 2 aromatic rings. The molecule has 2 heteroatoms. The summed E-state index contributed by atoms with van der Waals surface area (Å²) in [5, 5.41) is 8.86. The van der Waals surface area contributed by atoms with Gasteiger partial charge in [0.25, 0.3) is 0 Å². The van der Waals surface area contributed by atoms with E-state index in [4.69, 9.17) is 5.26 Å². The van der Waals surface area contributed by atoms with E-state index < -0.39 is 0 Å². The van der Waals surface area contributed by atoms with Gasteiger partial charge in [-0.05, 0) is 37.6 Å². The lowest BCUT2D eigenvalue weighted by molar-refractivity contribution is 1.13. The van der Waals surface area contributed by atoms with E-state index in [0.29, 0.717) is 5.56 Å². The predicted octanol–water partition coefficient (Wildman–Crippen LogP) is 3.24. The Morgan fingerprint density at radius 2 is 1.94 bits per heavy atom. The van der Waals surface area contributed by atoms with Gasteiger partial charge >= 0.3 is 0 Å². The largest absolute Gasteiger partial charge is 0.258 e. The highest BCUT2D eigenvalue weighted by Gasteiger charge is 2.03. The van der Waals surface area contributed by atoms with Crippen molar-refractivity contribution in [2.45, 2.75) is 13.8 Å². The highest BCUT2D eigenvalue weighted by atomic mass is 14.7. The number of benzene rings is 1. The highest BCUT2D eigenvalue weighted by Crippen LogP contribution is 2.23. The first-order valence-corrected chi connectivity index (χ1v) is 5.15. The number of aromatic nitrogens is 1. The molecule has 0 radical (unpaired) electrons. The molecule has 16 heavy (non-hydrogen) atoms. The van der Waals surface area contributed by atoms with Crippen molar-refractivity contribution in [1.29, 1.82) is 5.26 Å². The SMILES string of the molecule is Cc1ccc(-c2cccc(C#N)c2)c(C)n1. The summed E-state index contributed by atoms with van der Waals surface area (Å²) >= 11 is 0. The lowest BCUT2D eigenvalue weighted by atomic mass is 10.0. The van der Waals surface area contributed by atoms with E-state index in [1.165, 1.54) is 0 Å². The van der Waals surface area contributed by atoms with Crippen molar-refractivity contribution in [3.05, 3.63) is 53.3 Å². The zero-order valence-electron chi connectivity index (χ0n) is 9.36. The summed E-state index contributed by atoms with van der Waals surface area (Å²) in [5.41, 5.74) is 4.82. The van der Waals surface area contributed by atoms with Gasteiger partial charge in [0.15, 0.2) is 0 Å². The van der Waals surface area contributed by atoms with E-state index in [2.05, 4.69) is 11.1 Å². The second kappa shape index (κ2) is 4.16. The number of aryl methyl sites for hydroxylation is 2. The summed E-state index contributed by atoms with van der Waals surface area (Å²) in [6.07, 6.45) is 0. The topological polar surface area (TPSA) is 36.7 Å². The van der Waals surface area contributed by atoms with Crippen LogP contribution in [-0.2, 0) is 0 Å². The summed E-state index contributed by atoms with van der Waals surface area (Å²) in [4.78, 5) is 4.42. The van der Waals surface area contributed by atoms with Crippen LogP contribution in [0, 0.1) is 25.2 Å². The fourth-order valence-corrected chi connectivity index (χ4v) is 1.75. The molecule has 2 nitrogen and oxygen atoms in total. The minimum absolute atomic E-state index is 0.678. The third-order valence-electron chi connectivity index (χ3n) is 2.53. The van der Waals surface area contributed by atoms with Crippen molar-refractivity contribution < 1.29 is 0 Å². The Labute approximate surface area is 95.2 Å². The molecule has 78 valence electrons. The van der Waals surface area contributed by atoms with Gasteiger partial charge < -0.3 is 0 Å². The molecule has 0 atom stereocenters. The molecule has 0 aliphatic heterocycles. The van der Waals surface area contributed by atoms with Crippen LogP contribution in [0.5, 0.6) is 0 Å². The number of hydrogen-bond acceptors (Lipinski definition) is 2. The molecule has 0 saturated carbocycles. The van der Waals surface area contributed by atoms with Crippen LogP contribution >= 0.6 is 0 Å². The van der Waals surface area contributed by atoms with E-state index in [1.54, 1.807) is 6.07 Å². The lowest BCUT2D eigenvalue weighted by Crippen LogP contribution is -1.90. The summed E-state index contributed by atoms with van der Waals surface area (Å²) in [5.74, 6) is 0. The van der Waals surface area contributed by atoms with Gasteiger partial charge in [-0.25, -0.2) is 0 Å². The van der Waals surface area contributed by atoms with Crippen molar-refractivity contribution in [2.24, 2.45) is 0 Å². The minimum atomic E-state index is 0.678. The molecule has 0 saturated heterocycles. The maximum Gasteiger partial charge on any atom is 0.0991 e. The molecule has 1 aromatic heterocycles. The van der Waals surface area contributed by atoms with E-state index in [9.17, 15) is 0 Å². The number of hydrogen-bond donors (Lipinski definition) is 0. The van der Waals surface area contributed by atoms with Gasteiger partial charge in [0.2, 0.25) is 0 Å². The molecule has 1 heterocycles. The summed E-state index contributed by atoms with van der Waals surface area (Å²) < 4.78 is 0. The van der Waals surface area contributed by atoms with Crippen molar-refractivity contribution in [3.63, 3.8) is 0 Å². The van der Waals surface area contributed by atoms with Gasteiger partial charge in [0, 0.05) is 17.0 Å². The Kier molecular flexibility index (Phi) is 2.70. The second-order valence-electron chi connectivity index (χ2n) is 3.78. The number of rotatable bonds is 1. The average Bonchev–Trinajstić information content (AvgIpc) is 2.29. The molecule has 0 amide bonds. The molecular weight excluding hydrogens is 196 g/mol. The van der Waals surface area contributed by atoms with Gasteiger partial charge in [0.05, 0.1) is 11.6 Å². The number of nitrogens with zero attached hydrogens (tertiary/aromatic N) is 2. The fraction of sp³-hybridized carbons (Fsp3) is 0.143. The lowest BCUT2D eigenvalue weighted by Gasteiger charge is -2.06. The first kappa shape index (κ1) is 10.4. The molecule has 0 aliphatic rings. The van der Waals surface area contributed by atoms with Gasteiger partial charge in [-0.2, -0.15) is 5.26 Å². The maximum atomic E-state index is 8.86.